The number of rotatable bonds is 10. The highest BCUT2D eigenvalue weighted by Gasteiger charge is 2.19. The van der Waals surface area contributed by atoms with E-state index in [-0.39, 0.29) is 12.2 Å². The maximum absolute atomic E-state index is 12.2. The Bertz CT molecular complexity index is 865. The topological polar surface area (TPSA) is 66.3 Å². The molecule has 0 saturated carbocycles. The zero-order valence-electron chi connectivity index (χ0n) is 16.7. The number of hydrogen-bond acceptors (Lipinski definition) is 6. The molecule has 6 nitrogen and oxygen atoms in total. The number of nitrogens with zero attached hydrogens (tertiary/aromatic N) is 1. The molecular weight excluding hydrogens is 394 g/mol. The SMILES string of the molecule is CCOC/C(=N\OCc1c(Cl)cccc1/C(=C\OC)C(=O)OC)c1ccccc1. The fraction of sp³-hybridized carbons (Fsp3) is 0.273. The van der Waals surface area contributed by atoms with E-state index in [1.807, 2.05) is 37.3 Å². The Morgan fingerprint density at radius 2 is 1.86 bits per heavy atom. The van der Waals surface area contributed by atoms with E-state index >= 15 is 0 Å². The number of halogens is 1. The highest BCUT2D eigenvalue weighted by molar-refractivity contribution is 6.32. The molecule has 0 N–H and O–H groups in total. The van der Waals surface area contributed by atoms with Crippen molar-refractivity contribution in [3.63, 3.8) is 0 Å². The molecule has 0 aliphatic heterocycles. The van der Waals surface area contributed by atoms with Crippen molar-refractivity contribution in [3.05, 3.63) is 76.5 Å². The van der Waals surface area contributed by atoms with Gasteiger partial charge in [0, 0.05) is 28.3 Å². The second kappa shape index (κ2) is 11.9. The molecule has 7 heteroatoms. The summed E-state index contributed by atoms with van der Waals surface area (Å²) >= 11 is 6.36. The van der Waals surface area contributed by atoms with Crippen molar-refractivity contribution in [2.75, 3.05) is 27.4 Å². The van der Waals surface area contributed by atoms with E-state index in [4.69, 9.17) is 30.6 Å². The molecular formula is C22H24ClNO5. The molecule has 0 radical (unpaired) electrons. The van der Waals surface area contributed by atoms with Crippen LogP contribution in [0.2, 0.25) is 5.02 Å². The molecule has 0 heterocycles. The van der Waals surface area contributed by atoms with Crippen LogP contribution in [-0.4, -0.2) is 39.1 Å². The van der Waals surface area contributed by atoms with Gasteiger partial charge >= 0.3 is 5.97 Å². The summed E-state index contributed by atoms with van der Waals surface area (Å²) in [6.07, 6.45) is 1.31. The zero-order chi connectivity index (χ0) is 21.1. The fourth-order valence-corrected chi connectivity index (χ4v) is 2.80. The van der Waals surface area contributed by atoms with Crippen LogP contribution in [0.5, 0.6) is 0 Å². The van der Waals surface area contributed by atoms with Crippen molar-refractivity contribution in [1.82, 2.24) is 0 Å². The largest absolute Gasteiger partial charge is 0.503 e. The van der Waals surface area contributed by atoms with Gasteiger partial charge in [0.05, 0.1) is 27.1 Å². The van der Waals surface area contributed by atoms with Crippen LogP contribution in [-0.2, 0) is 30.4 Å². The van der Waals surface area contributed by atoms with Gasteiger partial charge in [-0.2, -0.15) is 0 Å². The van der Waals surface area contributed by atoms with Gasteiger partial charge in [0.1, 0.15) is 17.9 Å². The quantitative estimate of drug-likeness (QED) is 0.188. The van der Waals surface area contributed by atoms with Crippen molar-refractivity contribution in [1.29, 1.82) is 0 Å². The predicted molar refractivity (Wildman–Crippen MR) is 113 cm³/mol. The number of oxime groups is 1. The Morgan fingerprint density at radius 3 is 2.52 bits per heavy atom. The average Bonchev–Trinajstić information content (AvgIpc) is 2.75. The number of carbonyl (C=O) groups excluding carboxylic acids is 1. The van der Waals surface area contributed by atoms with Crippen LogP contribution in [0.25, 0.3) is 5.57 Å². The minimum absolute atomic E-state index is 0.0511. The monoisotopic (exact) mass is 417 g/mol. The summed E-state index contributed by atoms with van der Waals surface area (Å²) in [5, 5.41) is 4.68. The molecule has 0 aliphatic carbocycles. The summed E-state index contributed by atoms with van der Waals surface area (Å²) < 4.78 is 15.4. The van der Waals surface area contributed by atoms with Gasteiger partial charge in [-0.3, -0.25) is 0 Å². The van der Waals surface area contributed by atoms with Crippen molar-refractivity contribution in [2.45, 2.75) is 13.5 Å². The molecule has 0 saturated heterocycles. The summed E-state index contributed by atoms with van der Waals surface area (Å²) in [5.74, 6) is -0.541. The smallest absolute Gasteiger partial charge is 0.341 e. The molecule has 0 atom stereocenters. The number of carbonyl (C=O) groups is 1. The normalized spacial score (nSPS) is 11.9. The van der Waals surface area contributed by atoms with Crippen molar-refractivity contribution in [3.8, 4) is 0 Å². The number of esters is 1. The first kappa shape index (κ1) is 22.5. The highest BCUT2D eigenvalue weighted by Crippen LogP contribution is 2.28. The van der Waals surface area contributed by atoms with E-state index < -0.39 is 5.97 Å². The standard InChI is InChI=1S/C22H24ClNO5/c1-4-28-15-21(16-9-6-5-7-10-16)24-29-14-18-17(11-8-12-20(18)23)19(13-26-2)22(25)27-3/h5-13H,4,14-15H2,1-3H3/b19-13+,24-21+. The molecule has 0 aliphatic rings. The van der Waals surface area contributed by atoms with Crippen LogP contribution in [0.1, 0.15) is 23.6 Å². The first-order valence-electron chi connectivity index (χ1n) is 9.03. The van der Waals surface area contributed by atoms with Crippen LogP contribution in [0.4, 0.5) is 0 Å². The number of hydrogen-bond donors (Lipinski definition) is 0. The van der Waals surface area contributed by atoms with Gasteiger partial charge in [0.15, 0.2) is 0 Å². The Balaban J connectivity index is 2.30. The maximum atomic E-state index is 12.2. The fourth-order valence-electron chi connectivity index (χ4n) is 2.57. The van der Waals surface area contributed by atoms with Gasteiger partial charge in [-0.05, 0) is 13.0 Å². The molecule has 0 fully saturated rings. The molecule has 2 aromatic carbocycles. The third-order valence-corrected chi connectivity index (χ3v) is 4.34. The van der Waals surface area contributed by atoms with Gasteiger partial charge in [-0.1, -0.05) is 59.2 Å². The highest BCUT2D eigenvalue weighted by atomic mass is 35.5. The van der Waals surface area contributed by atoms with Gasteiger partial charge < -0.3 is 19.0 Å². The summed E-state index contributed by atoms with van der Waals surface area (Å²) in [7, 11) is 2.75. The minimum atomic E-state index is -0.541. The van der Waals surface area contributed by atoms with Gasteiger partial charge in [0.25, 0.3) is 0 Å². The molecule has 29 heavy (non-hydrogen) atoms. The van der Waals surface area contributed by atoms with Crippen LogP contribution in [0, 0.1) is 0 Å². The molecule has 154 valence electrons. The molecule has 0 amide bonds. The lowest BCUT2D eigenvalue weighted by Crippen LogP contribution is -2.12. The maximum Gasteiger partial charge on any atom is 0.341 e. The lowest BCUT2D eigenvalue weighted by Gasteiger charge is -2.13. The van der Waals surface area contributed by atoms with E-state index in [9.17, 15) is 4.79 Å². The summed E-state index contributed by atoms with van der Waals surface area (Å²) in [6.45, 7) is 2.84. The van der Waals surface area contributed by atoms with Crippen LogP contribution < -0.4 is 0 Å². The second-order valence-corrected chi connectivity index (χ2v) is 6.25. The van der Waals surface area contributed by atoms with Crippen molar-refractivity contribution >= 4 is 28.9 Å². The molecule has 2 rings (SSSR count). The van der Waals surface area contributed by atoms with Crippen molar-refractivity contribution in [2.24, 2.45) is 5.16 Å². The molecule has 2 aromatic rings. The Kier molecular flexibility index (Phi) is 9.21. The minimum Gasteiger partial charge on any atom is -0.503 e. The predicted octanol–water partition coefficient (Wildman–Crippen LogP) is 4.46. The van der Waals surface area contributed by atoms with E-state index in [1.54, 1.807) is 18.2 Å². The van der Waals surface area contributed by atoms with Crippen LogP contribution >= 0.6 is 11.6 Å². The zero-order valence-corrected chi connectivity index (χ0v) is 17.4. The number of benzene rings is 2. The van der Waals surface area contributed by atoms with E-state index in [2.05, 4.69) is 5.16 Å². The molecule has 0 spiro atoms. The van der Waals surface area contributed by atoms with Crippen molar-refractivity contribution < 1.29 is 23.8 Å². The molecule has 0 bridgehead atoms. The Hall–Kier alpha value is -2.83. The lowest BCUT2D eigenvalue weighted by atomic mass is 10.0. The lowest BCUT2D eigenvalue weighted by molar-refractivity contribution is -0.133. The van der Waals surface area contributed by atoms with E-state index in [0.29, 0.717) is 35.1 Å². The van der Waals surface area contributed by atoms with Crippen LogP contribution in [0.3, 0.4) is 0 Å². The first-order valence-corrected chi connectivity index (χ1v) is 9.41. The second-order valence-electron chi connectivity index (χ2n) is 5.84. The summed E-state index contributed by atoms with van der Waals surface area (Å²) in [6, 6.07) is 14.8. The Morgan fingerprint density at radius 1 is 1.10 bits per heavy atom. The Labute approximate surface area is 175 Å². The summed E-state index contributed by atoms with van der Waals surface area (Å²) in [5.41, 5.74) is 2.93. The molecule has 0 aromatic heterocycles. The third-order valence-electron chi connectivity index (χ3n) is 3.98. The third kappa shape index (κ3) is 6.34. The number of methoxy groups -OCH3 is 2. The first-order chi connectivity index (χ1) is 14.1. The average molecular weight is 418 g/mol. The van der Waals surface area contributed by atoms with E-state index in [0.717, 1.165) is 5.56 Å². The van der Waals surface area contributed by atoms with Crippen LogP contribution in [0.15, 0.2) is 59.9 Å². The van der Waals surface area contributed by atoms with Gasteiger partial charge in [-0.15, -0.1) is 0 Å². The van der Waals surface area contributed by atoms with Gasteiger partial charge in [-0.25, -0.2) is 4.79 Å². The van der Waals surface area contributed by atoms with Gasteiger partial charge in [0.2, 0.25) is 0 Å². The number of ether oxygens (including phenoxy) is 3. The van der Waals surface area contributed by atoms with E-state index in [1.165, 1.54) is 20.5 Å². The summed E-state index contributed by atoms with van der Waals surface area (Å²) in [4.78, 5) is 17.8. The molecule has 0 unspecified atom stereocenters.